The molecule has 1 N–H and O–H groups in total. The van der Waals surface area contributed by atoms with Gasteiger partial charge in [0.05, 0.1) is 11.1 Å². The van der Waals surface area contributed by atoms with Gasteiger partial charge in [0.1, 0.15) is 12.4 Å². The normalized spacial score (nSPS) is 20.1. The number of para-hydroxylation sites is 1. The minimum absolute atomic E-state index is 0.158. The van der Waals surface area contributed by atoms with Gasteiger partial charge in [0.2, 0.25) is 6.79 Å². The molecule has 31 heavy (non-hydrogen) atoms. The summed E-state index contributed by atoms with van der Waals surface area (Å²) in [4.78, 5) is 6.87. The summed E-state index contributed by atoms with van der Waals surface area (Å²) in [5, 5.41) is 3.51. The third kappa shape index (κ3) is 3.10. The van der Waals surface area contributed by atoms with Gasteiger partial charge >= 0.3 is 0 Å². The van der Waals surface area contributed by atoms with Crippen molar-refractivity contribution < 1.29 is 14.2 Å². The third-order valence-corrected chi connectivity index (χ3v) is 6.50. The lowest BCUT2D eigenvalue weighted by molar-refractivity contribution is 0.173. The topological polar surface area (TPSA) is 55.9 Å². The maximum absolute atomic E-state index is 6.18. The van der Waals surface area contributed by atoms with Crippen molar-refractivity contribution >= 4 is 5.69 Å². The zero-order valence-electron chi connectivity index (χ0n) is 17.3. The number of fused-ring (bicyclic) bond motifs is 5. The lowest BCUT2D eigenvalue weighted by atomic mass is 9.77. The van der Waals surface area contributed by atoms with E-state index in [4.69, 9.17) is 14.2 Å². The standard InChI is InChI=1S/C25H25N3O3/c1-2-8-21-19(7-1)25(16-29-22-13-24-23(12-20(22)25)30-17-31-24)15-28(21)11-5-9-26-14-18-6-3-4-10-27-18/h1-4,6-8,10,12-13,26H,5,9,11,14-17H2. The van der Waals surface area contributed by atoms with E-state index < -0.39 is 0 Å². The minimum Gasteiger partial charge on any atom is -0.492 e. The number of hydrogen-bond acceptors (Lipinski definition) is 6. The fourth-order valence-electron chi connectivity index (χ4n) is 5.01. The lowest BCUT2D eigenvalue weighted by Crippen LogP contribution is -2.37. The summed E-state index contributed by atoms with van der Waals surface area (Å²) >= 11 is 0. The van der Waals surface area contributed by atoms with Crippen molar-refractivity contribution in [1.29, 1.82) is 0 Å². The quantitative estimate of drug-likeness (QED) is 0.622. The molecule has 6 rings (SSSR count). The van der Waals surface area contributed by atoms with E-state index in [1.807, 2.05) is 24.4 Å². The Kier molecular flexibility index (Phi) is 4.46. The van der Waals surface area contributed by atoms with Crippen LogP contribution in [0.3, 0.4) is 0 Å². The molecule has 0 bridgehead atoms. The zero-order chi connectivity index (χ0) is 20.7. The first-order valence-corrected chi connectivity index (χ1v) is 10.9. The van der Waals surface area contributed by atoms with Gasteiger partial charge in [-0.1, -0.05) is 24.3 Å². The van der Waals surface area contributed by atoms with Crippen LogP contribution < -0.4 is 24.4 Å². The Hall–Kier alpha value is -3.25. The number of aromatic nitrogens is 1. The van der Waals surface area contributed by atoms with Gasteiger partial charge in [0.25, 0.3) is 0 Å². The van der Waals surface area contributed by atoms with E-state index in [1.165, 1.54) is 16.8 Å². The zero-order valence-corrected chi connectivity index (χ0v) is 17.3. The summed E-state index contributed by atoms with van der Waals surface area (Å²) in [6.45, 7) is 4.59. The molecule has 0 radical (unpaired) electrons. The van der Waals surface area contributed by atoms with Crippen molar-refractivity contribution in [3.63, 3.8) is 0 Å². The molecule has 4 heterocycles. The van der Waals surface area contributed by atoms with Crippen molar-refractivity contribution in [2.45, 2.75) is 18.4 Å². The number of ether oxygens (including phenoxy) is 3. The molecule has 0 amide bonds. The number of hydrogen-bond donors (Lipinski definition) is 1. The van der Waals surface area contributed by atoms with Gasteiger partial charge in [-0.05, 0) is 42.8 Å². The van der Waals surface area contributed by atoms with Gasteiger partial charge in [-0.15, -0.1) is 0 Å². The van der Waals surface area contributed by atoms with Crippen LogP contribution in [-0.4, -0.2) is 38.0 Å². The van der Waals surface area contributed by atoms with Crippen molar-refractivity contribution in [2.24, 2.45) is 0 Å². The monoisotopic (exact) mass is 415 g/mol. The van der Waals surface area contributed by atoms with Crippen molar-refractivity contribution in [3.8, 4) is 17.2 Å². The largest absolute Gasteiger partial charge is 0.492 e. The Bertz CT molecular complexity index is 1100. The number of nitrogens with zero attached hydrogens (tertiary/aromatic N) is 2. The molecule has 158 valence electrons. The molecule has 2 aromatic carbocycles. The van der Waals surface area contributed by atoms with Gasteiger partial charge < -0.3 is 24.4 Å². The maximum atomic E-state index is 6.18. The second kappa shape index (κ2) is 7.46. The second-order valence-corrected chi connectivity index (χ2v) is 8.36. The first-order chi connectivity index (χ1) is 15.3. The molecule has 3 aromatic rings. The van der Waals surface area contributed by atoms with Gasteiger partial charge in [0, 0.05) is 43.1 Å². The van der Waals surface area contributed by atoms with Gasteiger partial charge in [-0.25, -0.2) is 0 Å². The predicted octanol–water partition coefficient (Wildman–Crippen LogP) is 3.49. The van der Waals surface area contributed by atoms with Crippen LogP contribution in [0.1, 0.15) is 23.2 Å². The average molecular weight is 415 g/mol. The van der Waals surface area contributed by atoms with Crippen LogP contribution in [0.15, 0.2) is 60.8 Å². The van der Waals surface area contributed by atoms with Crippen molar-refractivity contribution in [1.82, 2.24) is 10.3 Å². The molecule has 6 heteroatoms. The predicted molar refractivity (Wildman–Crippen MR) is 118 cm³/mol. The average Bonchev–Trinajstić information content (AvgIpc) is 3.50. The highest BCUT2D eigenvalue weighted by Crippen LogP contribution is 2.54. The number of nitrogens with one attached hydrogen (secondary N) is 1. The Morgan fingerprint density at radius 1 is 0.935 bits per heavy atom. The third-order valence-electron chi connectivity index (χ3n) is 6.50. The van der Waals surface area contributed by atoms with E-state index in [-0.39, 0.29) is 12.2 Å². The SMILES string of the molecule is c1ccc(CNCCCN2CC3(COc4cc5c(cc43)OCO5)c3ccccc32)nc1. The molecule has 0 saturated carbocycles. The summed E-state index contributed by atoms with van der Waals surface area (Å²) in [6.07, 6.45) is 2.90. The number of pyridine rings is 1. The Balaban J connectivity index is 1.19. The van der Waals surface area contributed by atoms with E-state index in [0.29, 0.717) is 6.61 Å². The molecule has 0 fully saturated rings. The lowest BCUT2D eigenvalue weighted by Gasteiger charge is -2.25. The molecule has 0 saturated heterocycles. The molecular weight excluding hydrogens is 390 g/mol. The fourth-order valence-corrected chi connectivity index (χ4v) is 5.01. The molecule has 1 spiro atoms. The summed E-state index contributed by atoms with van der Waals surface area (Å²) in [5.41, 5.74) is 4.77. The highest BCUT2D eigenvalue weighted by Gasteiger charge is 2.50. The van der Waals surface area contributed by atoms with Crippen molar-refractivity contribution in [3.05, 3.63) is 77.6 Å². The highest BCUT2D eigenvalue weighted by molar-refractivity contribution is 5.70. The van der Waals surface area contributed by atoms with E-state index in [0.717, 1.165) is 55.5 Å². The van der Waals surface area contributed by atoms with Crippen LogP contribution in [0.25, 0.3) is 0 Å². The number of benzene rings is 2. The number of rotatable bonds is 6. The van der Waals surface area contributed by atoms with Gasteiger partial charge in [-0.2, -0.15) is 0 Å². The fraction of sp³-hybridized carbons (Fsp3) is 0.320. The summed E-state index contributed by atoms with van der Waals surface area (Å²) in [6, 6.07) is 18.9. The Morgan fingerprint density at radius 2 is 1.81 bits per heavy atom. The first-order valence-electron chi connectivity index (χ1n) is 10.9. The molecule has 1 aromatic heterocycles. The van der Waals surface area contributed by atoms with Gasteiger partial charge in [0.15, 0.2) is 11.5 Å². The molecule has 3 aliphatic rings. The van der Waals surface area contributed by atoms with E-state index in [2.05, 4.69) is 51.6 Å². The van der Waals surface area contributed by atoms with E-state index in [9.17, 15) is 0 Å². The summed E-state index contributed by atoms with van der Waals surface area (Å²) in [7, 11) is 0. The van der Waals surface area contributed by atoms with E-state index >= 15 is 0 Å². The summed E-state index contributed by atoms with van der Waals surface area (Å²) in [5.74, 6) is 2.51. The van der Waals surface area contributed by atoms with Crippen LogP contribution in [-0.2, 0) is 12.0 Å². The van der Waals surface area contributed by atoms with Crippen molar-refractivity contribution in [2.75, 3.05) is 37.9 Å². The molecule has 0 aliphatic carbocycles. The van der Waals surface area contributed by atoms with Gasteiger partial charge in [-0.3, -0.25) is 4.98 Å². The molecule has 6 nitrogen and oxygen atoms in total. The summed E-state index contributed by atoms with van der Waals surface area (Å²) < 4.78 is 17.4. The van der Waals surface area contributed by atoms with Crippen LogP contribution in [0.2, 0.25) is 0 Å². The smallest absolute Gasteiger partial charge is 0.231 e. The molecule has 1 atom stereocenters. The van der Waals surface area contributed by atoms with Crippen LogP contribution in [0.5, 0.6) is 17.2 Å². The first kappa shape index (κ1) is 18.5. The van der Waals surface area contributed by atoms with Crippen LogP contribution in [0.4, 0.5) is 5.69 Å². The maximum Gasteiger partial charge on any atom is 0.231 e. The minimum atomic E-state index is -0.158. The molecule has 3 aliphatic heterocycles. The van der Waals surface area contributed by atoms with E-state index in [1.54, 1.807) is 0 Å². The molecule has 1 unspecified atom stereocenters. The second-order valence-electron chi connectivity index (χ2n) is 8.36. The Morgan fingerprint density at radius 3 is 2.71 bits per heavy atom. The molecular formula is C25H25N3O3. The van der Waals surface area contributed by atoms with Crippen LogP contribution >= 0.6 is 0 Å². The highest BCUT2D eigenvalue weighted by atomic mass is 16.7. The Labute approximate surface area is 181 Å². The van der Waals surface area contributed by atoms with Crippen LogP contribution in [0, 0.1) is 0 Å². The number of anilines is 1.